The quantitative estimate of drug-likeness (QED) is 0.818. The van der Waals surface area contributed by atoms with E-state index in [9.17, 15) is 9.18 Å². The molecule has 0 radical (unpaired) electrons. The van der Waals surface area contributed by atoms with Gasteiger partial charge in [-0.2, -0.15) is 0 Å². The van der Waals surface area contributed by atoms with E-state index in [1.807, 2.05) is 0 Å². The van der Waals surface area contributed by atoms with Gasteiger partial charge in [-0.3, -0.25) is 4.79 Å². The lowest BCUT2D eigenvalue weighted by molar-refractivity contribution is -0.130. The summed E-state index contributed by atoms with van der Waals surface area (Å²) < 4.78 is 18.4. The number of hydrogen-bond acceptors (Lipinski definition) is 3. The van der Waals surface area contributed by atoms with Crippen molar-refractivity contribution in [3.05, 3.63) is 35.7 Å². The topological polar surface area (TPSA) is 49.8 Å². The molecule has 0 spiro atoms. The lowest BCUT2D eigenvalue weighted by atomic mass is 9.91. The Hall–Kier alpha value is -1.88. The average molecular weight is 293 g/mol. The number of amides is 1. The van der Waals surface area contributed by atoms with Crippen LogP contribution in [-0.4, -0.2) is 42.2 Å². The van der Waals surface area contributed by atoms with Crippen molar-refractivity contribution in [2.75, 3.05) is 20.3 Å². The molecule has 0 bridgehead atoms. The standard InChI is InChI=1S/C16H20FNO3/c1-21-15-7-5-12(11-14(15)17)6-8-16(20)18(9-10-19)13-3-2-4-13/h5-8,11,13,19H,2-4,9-10H2,1H3/b8-6+. The van der Waals surface area contributed by atoms with E-state index >= 15 is 0 Å². The summed E-state index contributed by atoms with van der Waals surface area (Å²) in [5.41, 5.74) is 0.596. The number of benzene rings is 1. The molecule has 114 valence electrons. The van der Waals surface area contributed by atoms with Gasteiger partial charge in [0.2, 0.25) is 5.91 Å². The summed E-state index contributed by atoms with van der Waals surface area (Å²) in [4.78, 5) is 13.8. The summed E-state index contributed by atoms with van der Waals surface area (Å²) in [7, 11) is 1.41. The summed E-state index contributed by atoms with van der Waals surface area (Å²) in [5, 5.41) is 9.05. The van der Waals surface area contributed by atoms with Crippen molar-refractivity contribution >= 4 is 12.0 Å². The van der Waals surface area contributed by atoms with E-state index in [-0.39, 0.29) is 24.3 Å². The number of aliphatic hydroxyl groups is 1. The molecule has 1 fully saturated rings. The highest BCUT2D eigenvalue weighted by Gasteiger charge is 2.26. The molecule has 1 N–H and O–H groups in total. The van der Waals surface area contributed by atoms with E-state index in [4.69, 9.17) is 9.84 Å². The van der Waals surface area contributed by atoms with Crippen LogP contribution < -0.4 is 4.74 Å². The Morgan fingerprint density at radius 2 is 2.29 bits per heavy atom. The zero-order valence-electron chi connectivity index (χ0n) is 12.1. The molecule has 0 atom stereocenters. The molecule has 4 nitrogen and oxygen atoms in total. The Labute approximate surface area is 123 Å². The third-order valence-electron chi connectivity index (χ3n) is 3.73. The fourth-order valence-electron chi connectivity index (χ4n) is 2.33. The second-order valence-corrected chi connectivity index (χ2v) is 5.07. The maximum Gasteiger partial charge on any atom is 0.246 e. The first-order valence-corrected chi connectivity index (χ1v) is 7.08. The van der Waals surface area contributed by atoms with Crippen LogP contribution in [0.15, 0.2) is 24.3 Å². The predicted molar refractivity (Wildman–Crippen MR) is 78.4 cm³/mol. The first kappa shape index (κ1) is 15.5. The number of methoxy groups -OCH3 is 1. The van der Waals surface area contributed by atoms with Crippen LogP contribution in [0.25, 0.3) is 6.08 Å². The highest BCUT2D eigenvalue weighted by atomic mass is 19.1. The van der Waals surface area contributed by atoms with Crippen LogP contribution in [0.5, 0.6) is 5.75 Å². The number of carbonyl (C=O) groups is 1. The Kier molecular flexibility index (Phi) is 5.33. The third-order valence-corrected chi connectivity index (χ3v) is 3.73. The zero-order valence-corrected chi connectivity index (χ0v) is 12.1. The van der Waals surface area contributed by atoms with Crippen LogP contribution in [0.3, 0.4) is 0 Å². The van der Waals surface area contributed by atoms with Gasteiger partial charge in [0.1, 0.15) is 0 Å². The summed E-state index contributed by atoms with van der Waals surface area (Å²) >= 11 is 0. The van der Waals surface area contributed by atoms with Gasteiger partial charge in [0.15, 0.2) is 11.6 Å². The van der Waals surface area contributed by atoms with Crippen LogP contribution in [0.2, 0.25) is 0 Å². The van der Waals surface area contributed by atoms with Crippen molar-refractivity contribution in [3.63, 3.8) is 0 Å². The molecule has 1 aromatic carbocycles. The van der Waals surface area contributed by atoms with Gasteiger partial charge in [-0.05, 0) is 43.0 Å². The van der Waals surface area contributed by atoms with E-state index in [2.05, 4.69) is 0 Å². The fraction of sp³-hybridized carbons (Fsp3) is 0.438. The van der Waals surface area contributed by atoms with E-state index in [0.717, 1.165) is 19.3 Å². The molecule has 0 heterocycles. The number of ether oxygens (including phenoxy) is 1. The highest BCUT2D eigenvalue weighted by molar-refractivity contribution is 5.92. The van der Waals surface area contributed by atoms with Crippen molar-refractivity contribution < 1.29 is 19.0 Å². The minimum atomic E-state index is -0.460. The van der Waals surface area contributed by atoms with Gasteiger partial charge in [-0.25, -0.2) is 4.39 Å². The van der Waals surface area contributed by atoms with E-state index < -0.39 is 5.82 Å². The molecule has 1 aliphatic carbocycles. The number of nitrogens with zero attached hydrogens (tertiary/aromatic N) is 1. The SMILES string of the molecule is COc1ccc(/C=C/C(=O)N(CCO)C2CCC2)cc1F. The molecule has 2 rings (SSSR count). The smallest absolute Gasteiger partial charge is 0.246 e. The average Bonchev–Trinajstić information content (AvgIpc) is 2.42. The van der Waals surface area contributed by atoms with Crippen molar-refractivity contribution in [1.29, 1.82) is 0 Å². The molecule has 0 aliphatic heterocycles. The highest BCUT2D eigenvalue weighted by Crippen LogP contribution is 2.25. The van der Waals surface area contributed by atoms with Crippen molar-refractivity contribution in [3.8, 4) is 5.75 Å². The van der Waals surface area contributed by atoms with Gasteiger partial charge in [0, 0.05) is 18.7 Å². The van der Waals surface area contributed by atoms with Crippen LogP contribution in [0.1, 0.15) is 24.8 Å². The van der Waals surface area contributed by atoms with Crippen LogP contribution in [0.4, 0.5) is 4.39 Å². The van der Waals surface area contributed by atoms with Crippen LogP contribution in [-0.2, 0) is 4.79 Å². The van der Waals surface area contributed by atoms with Crippen molar-refractivity contribution in [1.82, 2.24) is 4.90 Å². The lowest BCUT2D eigenvalue weighted by Gasteiger charge is -2.36. The van der Waals surface area contributed by atoms with Gasteiger partial charge in [0.05, 0.1) is 13.7 Å². The predicted octanol–water partition coefficient (Wildman–Crippen LogP) is 2.22. The van der Waals surface area contributed by atoms with Gasteiger partial charge < -0.3 is 14.7 Å². The molecule has 1 saturated carbocycles. The van der Waals surface area contributed by atoms with Crippen LogP contribution in [0, 0.1) is 5.82 Å². The zero-order chi connectivity index (χ0) is 15.2. The fourth-order valence-corrected chi connectivity index (χ4v) is 2.33. The first-order chi connectivity index (χ1) is 10.2. The maximum absolute atomic E-state index is 13.6. The second kappa shape index (κ2) is 7.22. The molecular weight excluding hydrogens is 273 g/mol. The van der Waals surface area contributed by atoms with Gasteiger partial charge in [-0.1, -0.05) is 6.07 Å². The Morgan fingerprint density at radius 3 is 2.81 bits per heavy atom. The summed E-state index contributed by atoms with van der Waals surface area (Å²) in [6.07, 6.45) is 6.09. The van der Waals surface area contributed by atoms with Gasteiger partial charge >= 0.3 is 0 Å². The number of aliphatic hydroxyl groups excluding tert-OH is 1. The molecule has 21 heavy (non-hydrogen) atoms. The molecule has 1 aromatic rings. The van der Waals surface area contributed by atoms with Gasteiger partial charge in [0.25, 0.3) is 0 Å². The molecule has 1 aliphatic rings. The molecule has 0 unspecified atom stereocenters. The molecule has 0 saturated heterocycles. The first-order valence-electron chi connectivity index (χ1n) is 7.08. The molecule has 1 amide bonds. The minimum absolute atomic E-state index is 0.0484. The largest absolute Gasteiger partial charge is 0.494 e. The van der Waals surface area contributed by atoms with E-state index in [1.165, 1.54) is 25.3 Å². The van der Waals surface area contributed by atoms with Crippen molar-refractivity contribution in [2.45, 2.75) is 25.3 Å². The molecule has 0 aromatic heterocycles. The van der Waals surface area contributed by atoms with E-state index in [0.29, 0.717) is 12.1 Å². The number of rotatable bonds is 6. The van der Waals surface area contributed by atoms with Crippen LogP contribution >= 0.6 is 0 Å². The number of carbonyl (C=O) groups excluding carboxylic acids is 1. The Balaban J connectivity index is 2.04. The monoisotopic (exact) mass is 293 g/mol. The molecule has 5 heteroatoms. The van der Waals surface area contributed by atoms with E-state index in [1.54, 1.807) is 17.0 Å². The molecular formula is C16H20FNO3. The maximum atomic E-state index is 13.6. The lowest BCUT2D eigenvalue weighted by Crippen LogP contribution is -2.44. The second-order valence-electron chi connectivity index (χ2n) is 5.07. The van der Waals surface area contributed by atoms with Crippen molar-refractivity contribution in [2.24, 2.45) is 0 Å². The summed E-state index contributed by atoms with van der Waals surface area (Å²) in [6.45, 7) is 0.290. The third kappa shape index (κ3) is 3.82. The summed E-state index contributed by atoms with van der Waals surface area (Å²) in [5.74, 6) is -0.432. The number of halogens is 1. The minimum Gasteiger partial charge on any atom is -0.494 e. The normalized spacial score (nSPS) is 15.0. The number of hydrogen-bond donors (Lipinski definition) is 1. The summed E-state index contributed by atoms with van der Waals surface area (Å²) in [6, 6.07) is 4.76. The van der Waals surface area contributed by atoms with Gasteiger partial charge in [-0.15, -0.1) is 0 Å². The Morgan fingerprint density at radius 1 is 1.52 bits per heavy atom. The Bertz CT molecular complexity index is 526.